The Labute approximate surface area is 104 Å². The monoisotopic (exact) mass is 250 g/mol. The number of ether oxygens (including phenoxy) is 2. The normalized spacial score (nSPS) is 10.2. The maximum absolute atomic E-state index is 13.6. The van der Waals surface area contributed by atoms with Crippen molar-refractivity contribution in [1.82, 2.24) is 0 Å². The first kappa shape index (κ1) is 12.4. The van der Waals surface area contributed by atoms with Gasteiger partial charge in [0, 0.05) is 17.7 Å². The molecule has 0 heterocycles. The lowest BCUT2D eigenvalue weighted by molar-refractivity contribution is 0.297. The van der Waals surface area contributed by atoms with Crippen molar-refractivity contribution in [3.63, 3.8) is 0 Å². The van der Waals surface area contributed by atoms with E-state index in [1.807, 2.05) is 0 Å². The first-order valence-electron chi connectivity index (χ1n) is 5.40. The second kappa shape index (κ2) is 5.49. The van der Waals surface area contributed by atoms with Crippen LogP contribution in [-0.4, -0.2) is 7.11 Å². The van der Waals surface area contributed by atoms with E-state index in [9.17, 15) is 8.78 Å². The summed E-state index contributed by atoms with van der Waals surface area (Å²) in [7, 11) is 1.47. The molecule has 0 aliphatic heterocycles. The molecule has 0 fully saturated rings. The SMILES string of the molecule is COc1ccc(COc2cccc(F)c2)c(F)c1. The second-order valence-corrected chi connectivity index (χ2v) is 3.70. The van der Waals surface area contributed by atoms with Gasteiger partial charge >= 0.3 is 0 Å². The average Bonchev–Trinajstić information content (AvgIpc) is 2.37. The number of hydrogen-bond acceptors (Lipinski definition) is 2. The largest absolute Gasteiger partial charge is 0.497 e. The Hall–Kier alpha value is -2.10. The summed E-state index contributed by atoms with van der Waals surface area (Å²) in [5.41, 5.74) is 0.389. The lowest BCUT2D eigenvalue weighted by Crippen LogP contribution is -1.99. The Morgan fingerprint density at radius 3 is 2.50 bits per heavy atom. The van der Waals surface area contributed by atoms with Crippen LogP contribution in [0.4, 0.5) is 8.78 Å². The van der Waals surface area contributed by atoms with E-state index in [-0.39, 0.29) is 12.4 Å². The zero-order chi connectivity index (χ0) is 13.0. The molecule has 0 saturated carbocycles. The van der Waals surface area contributed by atoms with Gasteiger partial charge in [0.1, 0.15) is 29.7 Å². The average molecular weight is 250 g/mol. The van der Waals surface area contributed by atoms with Crippen LogP contribution in [0.2, 0.25) is 0 Å². The standard InChI is InChI=1S/C14H12F2O2/c1-17-12-6-5-10(14(16)8-12)9-18-13-4-2-3-11(15)7-13/h2-8H,9H2,1H3. The van der Waals surface area contributed by atoms with Crippen LogP contribution in [0.5, 0.6) is 11.5 Å². The van der Waals surface area contributed by atoms with Gasteiger partial charge in [-0.1, -0.05) is 6.07 Å². The Balaban J connectivity index is 2.06. The molecular formula is C14H12F2O2. The minimum absolute atomic E-state index is 0.0410. The molecule has 0 unspecified atom stereocenters. The molecular weight excluding hydrogens is 238 g/mol. The summed E-state index contributed by atoms with van der Waals surface area (Å²) in [5.74, 6) is 0.0145. The summed E-state index contributed by atoms with van der Waals surface area (Å²) >= 11 is 0. The van der Waals surface area contributed by atoms with E-state index in [1.54, 1.807) is 18.2 Å². The highest BCUT2D eigenvalue weighted by molar-refractivity contribution is 5.29. The molecule has 0 radical (unpaired) electrons. The first-order valence-corrected chi connectivity index (χ1v) is 5.40. The van der Waals surface area contributed by atoms with Crippen molar-refractivity contribution >= 4 is 0 Å². The summed E-state index contributed by atoms with van der Waals surface area (Å²) in [5, 5.41) is 0. The maximum atomic E-state index is 13.6. The first-order chi connectivity index (χ1) is 8.69. The molecule has 0 amide bonds. The highest BCUT2D eigenvalue weighted by atomic mass is 19.1. The fourth-order valence-electron chi connectivity index (χ4n) is 1.49. The van der Waals surface area contributed by atoms with Crippen molar-refractivity contribution in [1.29, 1.82) is 0 Å². The van der Waals surface area contributed by atoms with Gasteiger partial charge in [-0.15, -0.1) is 0 Å². The van der Waals surface area contributed by atoms with Gasteiger partial charge in [-0.3, -0.25) is 0 Å². The van der Waals surface area contributed by atoms with Gasteiger partial charge in [0.25, 0.3) is 0 Å². The Morgan fingerprint density at radius 2 is 1.83 bits per heavy atom. The minimum atomic E-state index is -0.411. The van der Waals surface area contributed by atoms with Gasteiger partial charge in [-0.25, -0.2) is 8.78 Å². The van der Waals surface area contributed by atoms with Crippen LogP contribution >= 0.6 is 0 Å². The van der Waals surface area contributed by atoms with Crippen molar-refractivity contribution in [3.05, 3.63) is 59.7 Å². The molecule has 0 atom stereocenters. The summed E-state index contributed by atoms with van der Waals surface area (Å²) in [6, 6.07) is 10.2. The van der Waals surface area contributed by atoms with Gasteiger partial charge in [0.05, 0.1) is 7.11 Å². The van der Waals surface area contributed by atoms with E-state index in [0.29, 0.717) is 17.1 Å². The van der Waals surface area contributed by atoms with E-state index in [4.69, 9.17) is 9.47 Å². The number of methoxy groups -OCH3 is 1. The third kappa shape index (κ3) is 2.97. The number of rotatable bonds is 4. The van der Waals surface area contributed by atoms with Gasteiger partial charge in [0.15, 0.2) is 0 Å². The Bertz CT molecular complexity index is 541. The molecule has 2 nitrogen and oxygen atoms in total. The maximum Gasteiger partial charge on any atom is 0.133 e. The van der Waals surface area contributed by atoms with Crippen LogP contribution in [0.25, 0.3) is 0 Å². The predicted molar refractivity (Wildman–Crippen MR) is 63.7 cm³/mol. The van der Waals surface area contributed by atoms with Crippen LogP contribution in [0, 0.1) is 11.6 Å². The van der Waals surface area contributed by atoms with Crippen LogP contribution in [0.3, 0.4) is 0 Å². The molecule has 2 rings (SSSR count). The summed E-state index contributed by atoms with van der Waals surface area (Å²) < 4.78 is 36.7. The number of hydrogen-bond donors (Lipinski definition) is 0. The van der Waals surface area contributed by atoms with Crippen molar-refractivity contribution in [2.45, 2.75) is 6.61 Å². The Morgan fingerprint density at radius 1 is 1.00 bits per heavy atom. The summed E-state index contributed by atoms with van der Waals surface area (Å²) in [6.07, 6.45) is 0. The second-order valence-electron chi connectivity index (χ2n) is 3.70. The summed E-state index contributed by atoms with van der Waals surface area (Å²) in [4.78, 5) is 0. The molecule has 18 heavy (non-hydrogen) atoms. The van der Waals surface area contributed by atoms with E-state index in [1.165, 1.54) is 31.4 Å². The zero-order valence-corrected chi connectivity index (χ0v) is 9.82. The highest BCUT2D eigenvalue weighted by Crippen LogP contribution is 2.19. The van der Waals surface area contributed by atoms with Crippen LogP contribution in [0.15, 0.2) is 42.5 Å². The van der Waals surface area contributed by atoms with Gasteiger partial charge in [-0.05, 0) is 24.3 Å². The molecule has 0 bridgehead atoms. The van der Waals surface area contributed by atoms with Crippen molar-refractivity contribution in [2.24, 2.45) is 0 Å². The molecule has 0 saturated heterocycles. The van der Waals surface area contributed by atoms with Crippen LogP contribution < -0.4 is 9.47 Å². The topological polar surface area (TPSA) is 18.5 Å². The van der Waals surface area contributed by atoms with Crippen molar-refractivity contribution < 1.29 is 18.3 Å². The van der Waals surface area contributed by atoms with Gasteiger partial charge in [-0.2, -0.15) is 0 Å². The smallest absolute Gasteiger partial charge is 0.133 e. The van der Waals surface area contributed by atoms with E-state index >= 15 is 0 Å². The molecule has 0 aromatic heterocycles. The molecule has 0 aliphatic rings. The van der Waals surface area contributed by atoms with Gasteiger partial charge in [0.2, 0.25) is 0 Å². The third-order valence-corrected chi connectivity index (χ3v) is 2.45. The number of benzene rings is 2. The zero-order valence-electron chi connectivity index (χ0n) is 9.82. The van der Waals surface area contributed by atoms with E-state index in [2.05, 4.69) is 0 Å². The third-order valence-electron chi connectivity index (χ3n) is 2.45. The molecule has 2 aromatic carbocycles. The fraction of sp³-hybridized carbons (Fsp3) is 0.143. The lowest BCUT2D eigenvalue weighted by atomic mass is 10.2. The van der Waals surface area contributed by atoms with E-state index < -0.39 is 5.82 Å². The summed E-state index contributed by atoms with van der Waals surface area (Å²) in [6.45, 7) is 0.0410. The predicted octanol–water partition coefficient (Wildman–Crippen LogP) is 3.55. The molecule has 0 N–H and O–H groups in total. The minimum Gasteiger partial charge on any atom is -0.497 e. The van der Waals surface area contributed by atoms with Gasteiger partial charge < -0.3 is 9.47 Å². The molecule has 94 valence electrons. The highest BCUT2D eigenvalue weighted by Gasteiger charge is 2.05. The van der Waals surface area contributed by atoms with Crippen LogP contribution in [0.1, 0.15) is 5.56 Å². The number of halogens is 2. The van der Waals surface area contributed by atoms with Crippen LogP contribution in [-0.2, 0) is 6.61 Å². The molecule has 4 heteroatoms. The molecule has 2 aromatic rings. The quantitative estimate of drug-likeness (QED) is 0.826. The van der Waals surface area contributed by atoms with Crippen molar-refractivity contribution in [2.75, 3.05) is 7.11 Å². The van der Waals surface area contributed by atoms with Crippen molar-refractivity contribution in [3.8, 4) is 11.5 Å². The fourth-order valence-corrected chi connectivity index (χ4v) is 1.49. The lowest BCUT2D eigenvalue weighted by Gasteiger charge is -2.08. The molecule has 0 aliphatic carbocycles. The van der Waals surface area contributed by atoms with E-state index in [0.717, 1.165) is 0 Å². The Kier molecular flexibility index (Phi) is 3.77. The molecule has 0 spiro atoms.